The summed E-state index contributed by atoms with van der Waals surface area (Å²) in [4.78, 5) is 11.9. The van der Waals surface area contributed by atoms with E-state index in [-0.39, 0.29) is 11.7 Å². The average molecular weight is 303 g/mol. The fraction of sp³-hybridized carbons (Fsp3) is 0.0500. The van der Waals surface area contributed by atoms with Gasteiger partial charge in [0.2, 0.25) is 5.91 Å². The number of aromatic hydroxyl groups is 1. The Hall–Kier alpha value is -3.07. The molecular weight excluding hydrogens is 286 g/mol. The number of nitrogens with one attached hydrogen (secondary N) is 1. The fourth-order valence-electron chi connectivity index (χ4n) is 2.76. The quantitative estimate of drug-likeness (QED) is 0.717. The summed E-state index contributed by atoms with van der Waals surface area (Å²) in [6.45, 7) is 3.51. The van der Waals surface area contributed by atoms with Crippen LogP contribution in [0.2, 0.25) is 0 Å². The van der Waals surface area contributed by atoms with Crippen molar-refractivity contribution in [1.29, 1.82) is 0 Å². The molecule has 0 fully saturated rings. The molecule has 23 heavy (non-hydrogen) atoms. The third-order valence-corrected chi connectivity index (χ3v) is 3.84. The van der Waals surface area contributed by atoms with E-state index < -0.39 is 6.04 Å². The molecule has 3 heteroatoms. The Morgan fingerprint density at radius 2 is 1.70 bits per heavy atom. The van der Waals surface area contributed by atoms with E-state index in [4.69, 9.17) is 0 Å². The predicted molar refractivity (Wildman–Crippen MR) is 92.2 cm³/mol. The number of phenolic OH excluding ortho intramolecular Hbond substituents is 1. The van der Waals surface area contributed by atoms with Gasteiger partial charge in [-0.25, -0.2) is 0 Å². The first-order valence-electron chi connectivity index (χ1n) is 7.39. The standard InChI is InChI=1S/C20H17NO2/c1-2-18(23)21-20(15-9-4-3-5-10-15)19-16-11-7-6-8-14(16)12-13-17(19)22/h2-13,20,22H,1H2,(H,21,23). The van der Waals surface area contributed by atoms with E-state index >= 15 is 0 Å². The summed E-state index contributed by atoms with van der Waals surface area (Å²) in [5.74, 6) is -0.131. The maximum absolute atomic E-state index is 11.9. The molecule has 2 N–H and O–H groups in total. The Kier molecular flexibility index (Phi) is 4.11. The van der Waals surface area contributed by atoms with E-state index in [0.717, 1.165) is 16.3 Å². The highest BCUT2D eigenvalue weighted by molar-refractivity contribution is 5.91. The summed E-state index contributed by atoms with van der Waals surface area (Å²) in [5.41, 5.74) is 1.58. The number of fused-ring (bicyclic) bond motifs is 1. The van der Waals surface area contributed by atoms with Crippen LogP contribution >= 0.6 is 0 Å². The lowest BCUT2D eigenvalue weighted by atomic mass is 9.92. The molecule has 0 aliphatic heterocycles. The molecule has 0 heterocycles. The molecule has 0 bridgehead atoms. The van der Waals surface area contributed by atoms with Gasteiger partial charge in [-0.15, -0.1) is 0 Å². The zero-order valence-electron chi connectivity index (χ0n) is 12.6. The molecule has 0 aliphatic carbocycles. The largest absolute Gasteiger partial charge is 0.508 e. The number of carbonyl (C=O) groups is 1. The molecule has 0 saturated heterocycles. The Morgan fingerprint density at radius 3 is 2.43 bits per heavy atom. The van der Waals surface area contributed by atoms with Gasteiger partial charge in [0.15, 0.2) is 0 Å². The van der Waals surface area contributed by atoms with Gasteiger partial charge in [0.1, 0.15) is 5.75 Å². The predicted octanol–water partition coefficient (Wildman–Crippen LogP) is 3.94. The van der Waals surface area contributed by atoms with Crippen molar-refractivity contribution in [1.82, 2.24) is 5.32 Å². The molecule has 1 atom stereocenters. The van der Waals surface area contributed by atoms with E-state index in [2.05, 4.69) is 11.9 Å². The van der Waals surface area contributed by atoms with Gasteiger partial charge in [-0.05, 0) is 28.5 Å². The highest BCUT2D eigenvalue weighted by Crippen LogP contribution is 2.35. The highest BCUT2D eigenvalue weighted by atomic mass is 16.3. The SMILES string of the molecule is C=CC(=O)NC(c1ccccc1)c1c(O)ccc2ccccc12. The number of phenols is 1. The van der Waals surface area contributed by atoms with Crippen molar-refractivity contribution in [2.45, 2.75) is 6.04 Å². The minimum absolute atomic E-state index is 0.155. The Morgan fingerprint density at radius 1 is 1.00 bits per heavy atom. The van der Waals surface area contributed by atoms with Crippen molar-refractivity contribution < 1.29 is 9.90 Å². The zero-order valence-corrected chi connectivity index (χ0v) is 12.6. The van der Waals surface area contributed by atoms with Crippen molar-refractivity contribution in [3.05, 3.63) is 90.5 Å². The summed E-state index contributed by atoms with van der Waals surface area (Å²) < 4.78 is 0. The normalized spacial score (nSPS) is 11.8. The summed E-state index contributed by atoms with van der Waals surface area (Å²) >= 11 is 0. The van der Waals surface area contributed by atoms with Gasteiger partial charge < -0.3 is 10.4 Å². The number of amides is 1. The van der Waals surface area contributed by atoms with Gasteiger partial charge in [-0.1, -0.05) is 67.2 Å². The number of hydrogen-bond acceptors (Lipinski definition) is 2. The molecule has 3 nitrogen and oxygen atoms in total. The van der Waals surface area contributed by atoms with Crippen LogP contribution in [0, 0.1) is 0 Å². The van der Waals surface area contributed by atoms with E-state index in [1.807, 2.05) is 60.7 Å². The first kappa shape index (κ1) is 14.9. The van der Waals surface area contributed by atoms with E-state index in [1.165, 1.54) is 6.08 Å². The lowest BCUT2D eigenvalue weighted by molar-refractivity contribution is -0.116. The second-order valence-electron chi connectivity index (χ2n) is 5.28. The van der Waals surface area contributed by atoms with Crippen molar-refractivity contribution in [3.63, 3.8) is 0 Å². The molecule has 114 valence electrons. The van der Waals surface area contributed by atoms with Crippen molar-refractivity contribution in [2.24, 2.45) is 0 Å². The molecule has 0 aromatic heterocycles. The molecule has 3 rings (SSSR count). The minimum Gasteiger partial charge on any atom is -0.508 e. The van der Waals surface area contributed by atoms with Crippen LogP contribution in [0.3, 0.4) is 0 Å². The van der Waals surface area contributed by atoms with Crippen molar-refractivity contribution in [2.75, 3.05) is 0 Å². The maximum Gasteiger partial charge on any atom is 0.244 e. The summed E-state index contributed by atoms with van der Waals surface area (Å²) in [5, 5.41) is 15.3. The molecule has 0 spiro atoms. The third kappa shape index (κ3) is 2.94. The Balaban J connectivity index is 2.22. The van der Waals surface area contributed by atoms with Crippen LogP contribution in [0.15, 0.2) is 79.4 Å². The molecule has 1 amide bonds. The average Bonchev–Trinajstić information content (AvgIpc) is 2.60. The van der Waals surface area contributed by atoms with E-state index in [1.54, 1.807) is 6.07 Å². The smallest absolute Gasteiger partial charge is 0.244 e. The summed E-state index contributed by atoms with van der Waals surface area (Å²) in [7, 11) is 0. The highest BCUT2D eigenvalue weighted by Gasteiger charge is 2.21. The second-order valence-corrected chi connectivity index (χ2v) is 5.28. The van der Waals surface area contributed by atoms with Crippen LogP contribution in [-0.4, -0.2) is 11.0 Å². The molecule has 1 unspecified atom stereocenters. The zero-order chi connectivity index (χ0) is 16.2. The minimum atomic E-state index is -0.451. The summed E-state index contributed by atoms with van der Waals surface area (Å²) in [6.07, 6.45) is 1.23. The van der Waals surface area contributed by atoms with Gasteiger partial charge >= 0.3 is 0 Å². The van der Waals surface area contributed by atoms with Crippen LogP contribution < -0.4 is 5.32 Å². The number of hydrogen-bond donors (Lipinski definition) is 2. The second kappa shape index (κ2) is 6.36. The number of rotatable bonds is 4. The number of benzene rings is 3. The molecule has 3 aromatic carbocycles. The molecule has 0 aliphatic rings. The van der Waals surface area contributed by atoms with Gasteiger partial charge in [0.25, 0.3) is 0 Å². The van der Waals surface area contributed by atoms with Crippen LogP contribution in [0.1, 0.15) is 17.2 Å². The first-order chi connectivity index (χ1) is 11.2. The lowest BCUT2D eigenvalue weighted by Gasteiger charge is -2.22. The Labute approximate surface area is 134 Å². The van der Waals surface area contributed by atoms with Crippen LogP contribution in [0.4, 0.5) is 0 Å². The van der Waals surface area contributed by atoms with Crippen LogP contribution in [0.25, 0.3) is 10.8 Å². The van der Waals surface area contributed by atoms with Gasteiger partial charge in [-0.3, -0.25) is 4.79 Å². The maximum atomic E-state index is 11.9. The fourth-order valence-corrected chi connectivity index (χ4v) is 2.76. The molecule has 3 aromatic rings. The van der Waals surface area contributed by atoms with Crippen molar-refractivity contribution >= 4 is 16.7 Å². The van der Waals surface area contributed by atoms with Crippen LogP contribution in [0.5, 0.6) is 5.75 Å². The Bertz CT molecular complexity index is 856. The van der Waals surface area contributed by atoms with Crippen LogP contribution in [-0.2, 0) is 4.79 Å². The molecule has 0 saturated carbocycles. The number of carbonyl (C=O) groups excluding carboxylic acids is 1. The first-order valence-corrected chi connectivity index (χ1v) is 7.39. The third-order valence-electron chi connectivity index (χ3n) is 3.84. The monoisotopic (exact) mass is 303 g/mol. The molecule has 0 radical (unpaired) electrons. The topological polar surface area (TPSA) is 49.3 Å². The van der Waals surface area contributed by atoms with Gasteiger partial charge in [-0.2, -0.15) is 0 Å². The molecular formula is C20H17NO2. The van der Waals surface area contributed by atoms with Gasteiger partial charge in [0, 0.05) is 5.56 Å². The van der Waals surface area contributed by atoms with E-state index in [0.29, 0.717) is 5.56 Å². The lowest BCUT2D eigenvalue weighted by Crippen LogP contribution is -2.27. The van der Waals surface area contributed by atoms with Crippen molar-refractivity contribution in [3.8, 4) is 5.75 Å². The van der Waals surface area contributed by atoms with E-state index in [9.17, 15) is 9.90 Å². The van der Waals surface area contributed by atoms with Gasteiger partial charge in [0.05, 0.1) is 6.04 Å². The summed E-state index contributed by atoms with van der Waals surface area (Å²) in [6, 6.07) is 20.5.